The Morgan fingerprint density at radius 1 is 1.19 bits per heavy atom. The molecule has 1 amide bonds. The molecule has 4 bridgehead atoms. The lowest BCUT2D eigenvalue weighted by atomic mass is 9.74. The van der Waals surface area contributed by atoms with Gasteiger partial charge < -0.3 is 4.74 Å². The van der Waals surface area contributed by atoms with Gasteiger partial charge in [-0.15, -0.1) is 11.8 Å². The summed E-state index contributed by atoms with van der Waals surface area (Å²) in [7, 11) is 0. The van der Waals surface area contributed by atoms with Crippen LogP contribution in [0.1, 0.15) is 52.9 Å². The first-order valence-corrected chi connectivity index (χ1v) is 12.3. The van der Waals surface area contributed by atoms with Crippen LogP contribution in [0.4, 0.5) is 13.6 Å². The molecule has 2 atom stereocenters. The Balaban J connectivity index is 1.61. The van der Waals surface area contributed by atoms with E-state index >= 15 is 4.39 Å². The normalized spacial score (nSPS) is 27.3. The molecule has 2 fully saturated rings. The van der Waals surface area contributed by atoms with Gasteiger partial charge in [-0.1, -0.05) is 0 Å². The van der Waals surface area contributed by atoms with E-state index in [9.17, 15) is 9.18 Å². The van der Waals surface area contributed by atoms with Gasteiger partial charge in [-0.05, 0) is 59.1 Å². The zero-order chi connectivity index (χ0) is 22.8. The zero-order valence-electron chi connectivity index (χ0n) is 18.8. The van der Waals surface area contributed by atoms with Crippen LogP contribution >= 0.6 is 11.8 Å². The Hall–Kier alpha value is -2.29. The minimum atomic E-state index is -0.598. The summed E-state index contributed by atoms with van der Waals surface area (Å²) in [5.74, 6) is -0.355. The van der Waals surface area contributed by atoms with Gasteiger partial charge in [0.2, 0.25) is 0 Å². The molecular weight excluding hydrogens is 434 g/mol. The molecule has 6 nitrogen and oxygen atoms in total. The topological polar surface area (TPSA) is 48.4 Å². The third-order valence-electron chi connectivity index (χ3n) is 6.53. The largest absolute Gasteiger partial charge is 0.442 e. The van der Waals surface area contributed by atoms with E-state index in [0.717, 1.165) is 43.0 Å². The third kappa shape index (κ3) is 3.36. The molecule has 0 aromatic carbocycles. The number of nitrogens with zero attached hydrogens (tertiary/aromatic N) is 4. The van der Waals surface area contributed by atoms with Crippen molar-refractivity contribution in [3.05, 3.63) is 45.8 Å². The van der Waals surface area contributed by atoms with Gasteiger partial charge in [-0.25, -0.2) is 23.6 Å². The number of allylic oxidation sites excluding steroid dienone is 6. The number of ether oxygens (including phenoxy) is 1. The molecule has 6 aliphatic rings. The fraction of sp³-hybridized carbons (Fsp3) is 0.565. The van der Waals surface area contributed by atoms with E-state index < -0.39 is 17.3 Å². The molecule has 0 spiro atoms. The van der Waals surface area contributed by atoms with E-state index in [-0.39, 0.29) is 24.7 Å². The lowest BCUT2D eigenvalue weighted by molar-refractivity contribution is -0.0951. The average Bonchev–Trinajstić information content (AvgIpc) is 2.81. The van der Waals surface area contributed by atoms with Gasteiger partial charge in [0.15, 0.2) is 0 Å². The van der Waals surface area contributed by atoms with Crippen LogP contribution in [-0.4, -0.2) is 51.4 Å². The second-order valence-corrected chi connectivity index (χ2v) is 10.5. The summed E-state index contributed by atoms with van der Waals surface area (Å²) >= 11 is 1.38. The van der Waals surface area contributed by atoms with E-state index in [0.29, 0.717) is 23.0 Å². The van der Waals surface area contributed by atoms with Crippen LogP contribution in [0.2, 0.25) is 0 Å². The second kappa shape index (κ2) is 7.64. The van der Waals surface area contributed by atoms with Gasteiger partial charge in [0.1, 0.15) is 29.8 Å². The summed E-state index contributed by atoms with van der Waals surface area (Å²) in [6, 6.07) is -0.0261. The van der Waals surface area contributed by atoms with E-state index in [2.05, 4.69) is 0 Å². The van der Waals surface area contributed by atoms with Gasteiger partial charge in [0.25, 0.3) is 0 Å². The first-order valence-electron chi connectivity index (χ1n) is 11.1. The van der Waals surface area contributed by atoms with Crippen molar-refractivity contribution in [2.75, 3.05) is 12.9 Å². The molecular formula is C23H28F2N4O2S. The van der Waals surface area contributed by atoms with E-state index in [1.165, 1.54) is 17.8 Å². The maximum atomic E-state index is 15.0. The highest BCUT2D eigenvalue weighted by Gasteiger charge is 2.52. The number of halogens is 2. The number of rotatable bonds is 1. The summed E-state index contributed by atoms with van der Waals surface area (Å²) in [6.45, 7) is 5.85. The predicted molar refractivity (Wildman–Crippen MR) is 120 cm³/mol. The van der Waals surface area contributed by atoms with Gasteiger partial charge in [-0.2, -0.15) is 0 Å². The number of carbonyl (C=O) groups is 1. The first kappa shape index (κ1) is 21.6. The van der Waals surface area contributed by atoms with Crippen molar-refractivity contribution in [3.8, 4) is 0 Å². The maximum absolute atomic E-state index is 15.0. The number of fused-ring (bicyclic) bond motifs is 3. The molecule has 9 heteroatoms. The van der Waals surface area contributed by atoms with Crippen LogP contribution in [0.5, 0.6) is 0 Å². The first-order chi connectivity index (χ1) is 15.2. The predicted octanol–water partition coefficient (Wildman–Crippen LogP) is 5.59. The SMILES string of the molecule is CSC1=CC(F)=CC(F)=C2CCC[C@@H]3C4=C5CC[C@@H]3N(C(=O)OC(C)(C)C)N5CN=C4N12. The molecule has 5 heterocycles. The Kier molecular flexibility index (Phi) is 5.15. The van der Waals surface area contributed by atoms with Crippen LogP contribution in [0.3, 0.4) is 0 Å². The Bertz CT molecular complexity index is 1020. The Morgan fingerprint density at radius 3 is 2.69 bits per heavy atom. The smallest absolute Gasteiger partial charge is 0.429 e. The number of thioether (sulfide) groups is 1. The summed E-state index contributed by atoms with van der Waals surface area (Å²) in [5.41, 5.74) is 1.99. The number of hydrazine groups is 1. The zero-order valence-corrected chi connectivity index (χ0v) is 19.6. The van der Waals surface area contributed by atoms with Gasteiger partial charge >= 0.3 is 6.09 Å². The molecule has 0 N–H and O–H groups in total. The highest BCUT2D eigenvalue weighted by molar-refractivity contribution is 8.02. The van der Waals surface area contributed by atoms with E-state index in [4.69, 9.17) is 9.73 Å². The van der Waals surface area contributed by atoms with E-state index in [1.807, 2.05) is 36.9 Å². The van der Waals surface area contributed by atoms with Crippen LogP contribution in [0, 0.1) is 5.92 Å². The summed E-state index contributed by atoms with van der Waals surface area (Å²) in [5, 5.41) is 4.30. The average molecular weight is 463 g/mol. The summed E-state index contributed by atoms with van der Waals surface area (Å²) in [6.07, 6.45) is 7.58. The number of aliphatic imine (C=N–C) groups is 1. The second-order valence-electron chi connectivity index (χ2n) is 9.66. The maximum Gasteiger partial charge on any atom is 0.429 e. The molecule has 32 heavy (non-hydrogen) atoms. The summed E-state index contributed by atoms with van der Waals surface area (Å²) < 4.78 is 35.1. The van der Waals surface area contributed by atoms with Crippen LogP contribution in [0.25, 0.3) is 0 Å². The molecule has 2 saturated heterocycles. The van der Waals surface area contributed by atoms with Crippen molar-refractivity contribution in [1.29, 1.82) is 0 Å². The van der Waals surface area contributed by atoms with Crippen molar-refractivity contribution in [2.24, 2.45) is 10.9 Å². The van der Waals surface area contributed by atoms with Crippen LogP contribution < -0.4 is 0 Å². The fourth-order valence-electron chi connectivity index (χ4n) is 5.41. The van der Waals surface area contributed by atoms with Crippen LogP contribution in [-0.2, 0) is 4.74 Å². The van der Waals surface area contributed by atoms with Gasteiger partial charge in [-0.3, -0.25) is 9.91 Å². The van der Waals surface area contributed by atoms with Crippen molar-refractivity contribution in [2.45, 2.75) is 64.5 Å². The number of amidine groups is 1. The molecule has 172 valence electrons. The van der Waals surface area contributed by atoms with Gasteiger partial charge in [0.05, 0.1) is 16.8 Å². The molecule has 0 aromatic rings. The minimum Gasteiger partial charge on any atom is -0.442 e. The van der Waals surface area contributed by atoms with Crippen molar-refractivity contribution in [1.82, 2.24) is 14.9 Å². The lowest BCUT2D eigenvalue weighted by Gasteiger charge is -2.57. The number of hydrogen-bond donors (Lipinski definition) is 0. The van der Waals surface area contributed by atoms with Crippen molar-refractivity contribution < 1.29 is 18.3 Å². The number of amides is 1. The third-order valence-corrected chi connectivity index (χ3v) is 7.25. The number of carbonyl (C=O) groups excluding carboxylic acids is 1. The Morgan fingerprint density at radius 2 is 1.97 bits per heavy atom. The van der Waals surface area contributed by atoms with Crippen LogP contribution in [0.15, 0.2) is 50.8 Å². The molecule has 0 aromatic heterocycles. The molecule has 0 radical (unpaired) electrons. The standard InChI is InChI=1S/C23H28F2N4O2S/c1-23(2,3)31-22(30)29-16-8-9-18-20-14(16)6-5-7-17-15(25)10-13(24)11-19(32-4)28(17)21(20)26-12-27(18)29/h10-11,14,16H,5-9,12H2,1-4H3/t14-,16-/m0/s1. The van der Waals surface area contributed by atoms with Crippen molar-refractivity contribution in [3.63, 3.8) is 0 Å². The minimum absolute atomic E-state index is 0.0261. The summed E-state index contributed by atoms with van der Waals surface area (Å²) in [4.78, 5) is 19.8. The molecule has 0 unspecified atom stereocenters. The van der Waals surface area contributed by atoms with Crippen molar-refractivity contribution >= 4 is 23.7 Å². The lowest BCUT2D eigenvalue weighted by Crippen LogP contribution is -2.64. The quantitative estimate of drug-likeness (QED) is 0.508. The molecule has 6 rings (SSSR count). The Labute approximate surface area is 191 Å². The fourth-order valence-corrected chi connectivity index (χ4v) is 6.02. The van der Waals surface area contributed by atoms with E-state index in [1.54, 1.807) is 5.01 Å². The molecule has 1 aliphatic carbocycles. The highest BCUT2D eigenvalue weighted by atomic mass is 32.2. The monoisotopic (exact) mass is 462 g/mol. The highest BCUT2D eigenvalue weighted by Crippen LogP contribution is 2.50. The van der Waals surface area contributed by atoms with Gasteiger partial charge in [0, 0.05) is 29.3 Å². The molecule has 0 saturated carbocycles. The molecule has 5 aliphatic heterocycles. The number of hydrogen-bond acceptors (Lipinski definition) is 6.